The van der Waals surface area contributed by atoms with E-state index in [0.717, 1.165) is 4.57 Å². The highest BCUT2D eigenvalue weighted by Gasteiger charge is 2.48. The van der Waals surface area contributed by atoms with Gasteiger partial charge in [0.15, 0.2) is 0 Å². The molecular weight excluding hydrogens is 378 g/mol. The SMILES string of the molecule is COC(=O)[C@H]1[C@H](C(=O)OC)Cc2c(c(=O)n(C)c(=O)n2C)[C@@H]1Nc1ccccc1. The number of carbonyl (C=O) groups excluding carboxylic acids is 2. The zero-order chi connectivity index (χ0) is 21.3. The Bertz CT molecular complexity index is 1060. The number of hydrogen-bond acceptors (Lipinski definition) is 7. The van der Waals surface area contributed by atoms with Crippen LogP contribution < -0.4 is 16.6 Å². The summed E-state index contributed by atoms with van der Waals surface area (Å²) < 4.78 is 12.2. The van der Waals surface area contributed by atoms with Crippen LogP contribution in [-0.2, 0) is 39.6 Å². The smallest absolute Gasteiger partial charge is 0.330 e. The molecule has 1 aromatic carbocycles. The lowest BCUT2D eigenvalue weighted by Crippen LogP contribution is -2.51. The van der Waals surface area contributed by atoms with Crippen molar-refractivity contribution in [3.8, 4) is 0 Å². The van der Waals surface area contributed by atoms with E-state index >= 15 is 0 Å². The molecule has 0 fully saturated rings. The third-order valence-corrected chi connectivity index (χ3v) is 5.41. The van der Waals surface area contributed by atoms with Gasteiger partial charge in [0.2, 0.25) is 0 Å². The Morgan fingerprint density at radius 2 is 1.62 bits per heavy atom. The average molecular weight is 401 g/mol. The number of aromatic nitrogens is 2. The summed E-state index contributed by atoms with van der Waals surface area (Å²) in [5.41, 5.74) is 0.274. The number of rotatable bonds is 4. The molecule has 1 N–H and O–H groups in total. The van der Waals surface area contributed by atoms with Gasteiger partial charge in [-0.05, 0) is 12.1 Å². The van der Waals surface area contributed by atoms with E-state index in [9.17, 15) is 19.2 Å². The van der Waals surface area contributed by atoms with E-state index in [2.05, 4.69) is 5.32 Å². The summed E-state index contributed by atoms with van der Waals surface area (Å²) in [7, 11) is 5.37. The Hall–Kier alpha value is -3.36. The van der Waals surface area contributed by atoms with Crippen LogP contribution in [0.4, 0.5) is 5.69 Å². The van der Waals surface area contributed by atoms with E-state index < -0.39 is 41.1 Å². The summed E-state index contributed by atoms with van der Waals surface area (Å²) in [4.78, 5) is 50.7. The number of esters is 2. The first-order valence-corrected chi connectivity index (χ1v) is 9.07. The second kappa shape index (κ2) is 7.94. The second-order valence-corrected chi connectivity index (χ2v) is 6.94. The molecule has 0 radical (unpaired) electrons. The van der Waals surface area contributed by atoms with Crippen LogP contribution in [0, 0.1) is 11.8 Å². The van der Waals surface area contributed by atoms with Crippen LogP contribution in [0.25, 0.3) is 0 Å². The summed E-state index contributed by atoms with van der Waals surface area (Å²) >= 11 is 0. The third kappa shape index (κ3) is 3.43. The fraction of sp³-hybridized carbons (Fsp3) is 0.400. The highest BCUT2D eigenvalue weighted by molar-refractivity contribution is 5.84. The number of methoxy groups -OCH3 is 2. The number of para-hydroxylation sites is 1. The van der Waals surface area contributed by atoms with Crippen LogP contribution in [-0.4, -0.2) is 35.3 Å². The number of nitrogens with one attached hydrogen (secondary N) is 1. The third-order valence-electron chi connectivity index (χ3n) is 5.41. The molecule has 0 bridgehead atoms. The standard InChI is InChI=1S/C20H23N3O6/c1-22-13-10-12(18(25)28-3)14(19(26)29-4)16(21-11-8-6-5-7-9-11)15(13)17(24)23(2)20(22)27/h5-9,12,14,16,21H,10H2,1-4H3/t12-,14+,16-/m1/s1. The largest absolute Gasteiger partial charge is 0.469 e. The van der Waals surface area contributed by atoms with Crippen LogP contribution in [0.2, 0.25) is 0 Å². The lowest BCUT2D eigenvalue weighted by molar-refractivity contribution is -0.159. The lowest BCUT2D eigenvalue weighted by atomic mass is 9.74. The predicted molar refractivity (Wildman–Crippen MR) is 104 cm³/mol. The predicted octanol–water partition coefficient (Wildman–Crippen LogP) is 0.372. The Morgan fingerprint density at radius 1 is 1.00 bits per heavy atom. The van der Waals surface area contributed by atoms with Crippen molar-refractivity contribution in [1.29, 1.82) is 0 Å². The fourth-order valence-electron chi connectivity index (χ4n) is 3.91. The van der Waals surface area contributed by atoms with Crippen molar-refractivity contribution in [2.24, 2.45) is 25.9 Å². The first-order valence-electron chi connectivity index (χ1n) is 9.07. The normalized spacial score (nSPS) is 20.5. The van der Waals surface area contributed by atoms with Gasteiger partial charge in [-0.2, -0.15) is 0 Å². The molecule has 1 aromatic heterocycles. The van der Waals surface area contributed by atoms with Crippen LogP contribution in [0.15, 0.2) is 39.9 Å². The summed E-state index contributed by atoms with van der Waals surface area (Å²) in [5, 5.41) is 3.19. The fourth-order valence-corrected chi connectivity index (χ4v) is 3.91. The number of ether oxygens (including phenoxy) is 2. The van der Waals surface area contributed by atoms with Gasteiger partial charge in [0, 0.05) is 31.9 Å². The molecule has 0 unspecified atom stereocenters. The van der Waals surface area contributed by atoms with Gasteiger partial charge in [-0.25, -0.2) is 4.79 Å². The molecule has 9 nitrogen and oxygen atoms in total. The molecule has 29 heavy (non-hydrogen) atoms. The molecule has 1 aliphatic rings. The van der Waals surface area contributed by atoms with Gasteiger partial charge in [-0.1, -0.05) is 18.2 Å². The minimum absolute atomic E-state index is 0.0105. The lowest BCUT2D eigenvalue weighted by Gasteiger charge is -2.37. The Kier molecular flexibility index (Phi) is 5.58. The van der Waals surface area contributed by atoms with Crippen molar-refractivity contribution >= 4 is 17.6 Å². The molecule has 0 spiro atoms. The van der Waals surface area contributed by atoms with E-state index in [-0.39, 0.29) is 12.0 Å². The van der Waals surface area contributed by atoms with Gasteiger partial charge in [-0.3, -0.25) is 19.0 Å². The molecule has 9 heteroatoms. The minimum atomic E-state index is -1.01. The van der Waals surface area contributed by atoms with E-state index in [1.807, 2.05) is 6.07 Å². The molecule has 1 heterocycles. The average Bonchev–Trinajstić information content (AvgIpc) is 2.75. The highest BCUT2D eigenvalue weighted by atomic mass is 16.5. The molecule has 3 atom stereocenters. The van der Waals surface area contributed by atoms with Gasteiger partial charge in [-0.15, -0.1) is 0 Å². The first kappa shape index (κ1) is 20.4. The van der Waals surface area contributed by atoms with E-state index in [1.54, 1.807) is 24.3 Å². The number of benzene rings is 1. The molecule has 1 aliphatic carbocycles. The first-order chi connectivity index (χ1) is 13.8. The maximum absolute atomic E-state index is 13.0. The summed E-state index contributed by atoms with van der Waals surface area (Å²) in [5.74, 6) is -3.18. The molecule has 3 rings (SSSR count). The van der Waals surface area contributed by atoms with Crippen molar-refractivity contribution in [3.63, 3.8) is 0 Å². The maximum Gasteiger partial charge on any atom is 0.330 e. The van der Waals surface area contributed by atoms with E-state index in [0.29, 0.717) is 11.4 Å². The van der Waals surface area contributed by atoms with Crippen molar-refractivity contribution in [1.82, 2.24) is 9.13 Å². The van der Waals surface area contributed by atoms with Gasteiger partial charge in [0.05, 0.1) is 37.7 Å². The van der Waals surface area contributed by atoms with Gasteiger partial charge in [0.25, 0.3) is 5.56 Å². The molecule has 2 aromatic rings. The molecule has 0 saturated carbocycles. The van der Waals surface area contributed by atoms with Crippen molar-refractivity contribution in [3.05, 3.63) is 62.4 Å². The molecule has 0 amide bonds. The number of anilines is 1. The zero-order valence-electron chi connectivity index (χ0n) is 16.7. The topological polar surface area (TPSA) is 109 Å². The molecular formula is C20H23N3O6. The Labute approximate surface area is 166 Å². The molecule has 154 valence electrons. The zero-order valence-corrected chi connectivity index (χ0v) is 16.7. The monoisotopic (exact) mass is 401 g/mol. The summed E-state index contributed by atoms with van der Waals surface area (Å²) in [6.45, 7) is 0. The molecule has 0 saturated heterocycles. The summed E-state index contributed by atoms with van der Waals surface area (Å²) in [6.07, 6.45) is 0.0105. The van der Waals surface area contributed by atoms with Crippen molar-refractivity contribution < 1.29 is 19.1 Å². The second-order valence-electron chi connectivity index (χ2n) is 6.94. The Morgan fingerprint density at radius 3 is 2.21 bits per heavy atom. The molecule has 0 aliphatic heterocycles. The minimum Gasteiger partial charge on any atom is -0.469 e. The quantitative estimate of drug-likeness (QED) is 0.738. The van der Waals surface area contributed by atoms with Crippen molar-refractivity contribution in [2.45, 2.75) is 12.5 Å². The van der Waals surface area contributed by atoms with Gasteiger partial charge in [0.1, 0.15) is 0 Å². The van der Waals surface area contributed by atoms with Gasteiger partial charge >= 0.3 is 17.6 Å². The number of hydrogen-bond donors (Lipinski definition) is 1. The highest BCUT2D eigenvalue weighted by Crippen LogP contribution is 2.39. The van der Waals surface area contributed by atoms with Crippen LogP contribution in [0.5, 0.6) is 0 Å². The summed E-state index contributed by atoms with van der Waals surface area (Å²) in [6, 6.07) is 8.11. The van der Waals surface area contributed by atoms with E-state index in [1.165, 1.54) is 32.9 Å². The van der Waals surface area contributed by atoms with Crippen LogP contribution >= 0.6 is 0 Å². The van der Waals surface area contributed by atoms with Crippen LogP contribution in [0.1, 0.15) is 17.3 Å². The van der Waals surface area contributed by atoms with Gasteiger partial charge < -0.3 is 19.4 Å². The number of fused-ring (bicyclic) bond motifs is 1. The number of carbonyl (C=O) groups is 2. The van der Waals surface area contributed by atoms with Crippen LogP contribution in [0.3, 0.4) is 0 Å². The maximum atomic E-state index is 13.0. The Balaban J connectivity index is 2.29. The number of nitrogens with zero attached hydrogens (tertiary/aromatic N) is 2. The van der Waals surface area contributed by atoms with Crippen molar-refractivity contribution in [2.75, 3.05) is 19.5 Å². The van der Waals surface area contributed by atoms with E-state index in [4.69, 9.17) is 9.47 Å².